The van der Waals surface area contributed by atoms with E-state index in [1.165, 1.54) is 5.56 Å². The minimum absolute atomic E-state index is 0.0691. The lowest BCUT2D eigenvalue weighted by Crippen LogP contribution is -2.38. The van der Waals surface area contributed by atoms with Crippen LogP contribution in [0.3, 0.4) is 0 Å². The van der Waals surface area contributed by atoms with Crippen molar-refractivity contribution in [2.45, 2.75) is 57.9 Å². The molecule has 0 spiro atoms. The summed E-state index contributed by atoms with van der Waals surface area (Å²) in [6, 6.07) is 12.0. The Kier molecular flexibility index (Phi) is 5.03. The van der Waals surface area contributed by atoms with Crippen LogP contribution >= 0.6 is 0 Å². The Bertz CT molecular complexity index is 870. The summed E-state index contributed by atoms with van der Waals surface area (Å²) >= 11 is 0. The number of rotatable bonds is 3. The lowest BCUT2D eigenvalue weighted by molar-refractivity contribution is 0.256. The number of benzene rings is 2. The molecule has 1 aliphatic rings. The van der Waals surface area contributed by atoms with Crippen molar-refractivity contribution in [1.82, 2.24) is 4.31 Å². The van der Waals surface area contributed by atoms with Gasteiger partial charge in [-0.1, -0.05) is 42.3 Å². The first-order valence-corrected chi connectivity index (χ1v) is 10.4. The maximum Gasteiger partial charge on any atom is 0.243 e. The Labute approximate surface area is 151 Å². The number of aryl methyl sites for hydroxylation is 4. The fraction of sp³-hybridized carbons (Fsp3) is 0.429. The molecular formula is C21H27NO2S. The standard InChI is InChI=1S/C21H27NO2S/c1-15-8-10-19(11-9-15)20-7-5-6-12-22(20)25(23,24)21-14-17(3)16(2)13-18(21)4/h8-11,13-14,20H,5-7,12H2,1-4H3. The molecule has 0 radical (unpaired) electrons. The number of hydrogen-bond donors (Lipinski definition) is 0. The molecule has 0 amide bonds. The van der Waals surface area contributed by atoms with Crippen LogP contribution in [0.5, 0.6) is 0 Å². The van der Waals surface area contributed by atoms with Crippen molar-refractivity contribution in [2.75, 3.05) is 6.54 Å². The highest BCUT2D eigenvalue weighted by Crippen LogP contribution is 2.36. The lowest BCUT2D eigenvalue weighted by atomic mass is 9.97. The summed E-state index contributed by atoms with van der Waals surface area (Å²) in [6.45, 7) is 8.53. The van der Waals surface area contributed by atoms with Crippen LogP contribution in [0.15, 0.2) is 41.3 Å². The van der Waals surface area contributed by atoms with Gasteiger partial charge in [-0.25, -0.2) is 8.42 Å². The second kappa shape index (κ2) is 6.93. The van der Waals surface area contributed by atoms with E-state index in [1.807, 2.05) is 32.9 Å². The van der Waals surface area contributed by atoms with Gasteiger partial charge in [0.1, 0.15) is 0 Å². The Balaban J connectivity index is 2.05. The van der Waals surface area contributed by atoms with E-state index in [0.717, 1.165) is 41.5 Å². The van der Waals surface area contributed by atoms with Crippen LogP contribution in [-0.2, 0) is 10.0 Å². The van der Waals surface area contributed by atoms with E-state index < -0.39 is 10.0 Å². The van der Waals surface area contributed by atoms with E-state index in [2.05, 4.69) is 31.2 Å². The molecule has 0 aliphatic carbocycles. The quantitative estimate of drug-likeness (QED) is 0.788. The largest absolute Gasteiger partial charge is 0.243 e. The van der Waals surface area contributed by atoms with Crippen LogP contribution in [0.2, 0.25) is 0 Å². The smallest absolute Gasteiger partial charge is 0.207 e. The molecule has 4 heteroatoms. The Hall–Kier alpha value is -1.65. The third-order valence-corrected chi connectivity index (χ3v) is 7.34. The zero-order valence-electron chi connectivity index (χ0n) is 15.5. The molecule has 1 saturated heterocycles. The van der Waals surface area contributed by atoms with E-state index in [4.69, 9.17) is 0 Å². The third kappa shape index (κ3) is 3.51. The van der Waals surface area contributed by atoms with Gasteiger partial charge in [-0.05, 0) is 68.9 Å². The van der Waals surface area contributed by atoms with Gasteiger partial charge in [0, 0.05) is 6.54 Å². The molecule has 3 nitrogen and oxygen atoms in total. The van der Waals surface area contributed by atoms with Crippen molar-refractivity contribution in [3.8, 4) is 0 Å². The molecule has 2 aromatic rings. The average Bonchev–Trinajstić information content (AvgIpc) is 2.58. The summed E-state index contributed by atoms with van der Waals surface area (Å²) in [6.07, 6.45) is 2.87. The third-order valence-electron chi connectivity index (χ3n) is 5.29. The minimum atomic E-state index is -3.51. The second-order valence-corrected chi connectivity index (χ2v) is 9.10. The summed E-state index contributed by atoms with van der Waals surface area (Å²) < 4.78 is 28.6. The molecule has 0 aromatic heterocycles. The Morgan fingerprint density at radius 3 is 2.20 bits per heavy atom. The molecule has 1 fully saturated rings. The first-order chi connectivity index (χ1) is 11.8. The summed E-state index contributed by atoms with van der Waals surface area (Å²) in [7, 11) is -3.51. The van der Waals surface area contributed by atoms with Crippen LogP contribution in [0, 0.1) is 27.7 Å². The van der Waals surface area contributed by atoms with Crippen LogP contribution < -0.4 is 0 Å². The first-order valence-electron chi connectivity index (χ1n) is 8.97. The van der Waals surface area contributed by atoms with Crippen molar-refractivity contribution >= 4 is 10.0 Å². The SMILES string of the molecule is Cc1ccc(C2CCCCN2S(=O)(=O)c2cc(C)c(C)cc2C)cc1. The Morgan fingerprint density at radius 2 is 1.52 bits per heavy atom. The van der Waals surface area contributed by atoms with Gasteiger partial charge in [0.2, 0.25) is 10.0 Å². The molecule has 1 heterocycles. The van der Waals surface area contributed by atoms with Crippen molar-refractivity contribution in [3.05, 3.63) is 64.2 Å². The first kappa shape index (κ1) is 18.2. The van der Waals surface area contributed by atoms with Crippen LogP contribution in [0.1, 0.15) is 53.1 Å². The van der Waals surface area contributed by atoms with Crippen molar-refractivity contribution in [2.24, 2.45) is 0 Å². The van der Waals surface area contributed by atoms with Gasteiger partial charge in [-0.2, -0.15) is 4.31 Å². The average molecular weight is 358 g/mol. The summed E-state index contributed by atoms with van der Waals surface area (Å²) in [4.78, 5) is 0.453. The number of sulfonamides is 1. The van der Waals surface area contributed by atoms with Crippen molar-refractivity contribution in [3.63, 3.8) is 0 Å². The zero-order chi connectivity index (χ0) is 18.2. The van der Waals surface area contributed by atoms with Crippen LogP contribution in [-0.4, -0.2) is 19.3 Å². The van der Waals surface area contributed by atoms with Gasteiger partial charge >= 0.3 is 0 Å². The normalized spacial score (nSPS) is 19.1. The van der Waals surface area contributed by atoms with E-state index in [1.54, 1.807) is 4.31 Å². The molecule has 0 saturated carbocycles. The van der Waals surface area contributed by atoms with E-state index in [0.29, 0.717) is 11.4 Å². The molecule has 1 atom stereocenters. The van der Waals surface area contributed by atoms with Crippen LogP contribution in [0.25, 0.3) is 0 Å². The molecule has 2 aromatic carbocycles. The molecule has 1 unspecified atom stereocenters. The highest BCUT2D eigenvalue weighted by atomic mass is 32.2. The van der Waals surface area contributed by atoms with Crippen molar-refractivity contribution < 1.29 is 8.42 Å². The fourth-order valence-electron chi connectivity index (χ4n) is 3.65. The van der Waals surface area contributed by atoms with Gasteiger partial charge in [-0.3, -0.25) is 0 Å². The maximum absolute atomic E-state index is 13.4. The highest BCUT2D eigenvalue weighted by Gasteiger charge is 2.35. The molecule has 3 rings (SSSR count). The zero-order valence-corrected chi connectivity index (χ0v) is 16.4. The minimum Gasteiger partial charge on any atom is -0.207 e. The molecule has 25 heavy (non-hydrogen) atoms. The molecule has 134 valence electrons. The second-order valence-electron chi connectivity index (χ2n) is 7.24. The van der Waals surface area contributed by atoms with Crippen LogP contribution in [0.4, 0.5) is 0 Å². The summed E-state index contributed by atoms with van der Waals surface area (Å²) in [5.74, 6) is 0. The summed E-state index contributed by atoms with van der Waals surface area (Å²) in [5.41, 5.74) is 5.27. The molecular weight excluding hydrogens is 330 g/mol. The monoisotopic (exact) mass is 357 g/mol. The maximum atomic E-state index is 13.4. The predicted molar refractivity (Wildman–Crippen MR) is 102 cm³/mol. The van der Waals surface area contributed by atoms with Gasteiger partial charge in [0.25, 0.3) is 0 Å². The van der Waals surface area contributed by atoms with E-state index >= 15 is 0 Å². The van der Waals surface area contributed by atoms with Gasteiger partial charge in [0.15, 0.2) is 0 Å². The van der Waals surface area contributed by atoms with Crippen molar-refractivity contribution in [1.29, 1.82) is 0 Å². The highest BCUT2D eigenvalue weighted by molar-refractivity contribution is 7.89. The number of nitrogens with zero attached hydrogens (tertiary/aromatic N) is 1. The van der Waals surface area contributed by atoms with Gasteiger partial charge in [-0.15, -0.1) is 0 Å². The number of piperidine rings is 1. The predicted octanol–water partition coefficient (Wildman–Crippen LogP) is 4.84. The van der Waals surface area contributed by atoms with E-state index in [-0.39, 0.29) is 6.04 Å². The fourth-order valence-corrected chi connectivity index (χ4v) is 5.63. The lowest BCUT2D eigenvalue weighted by Gasteiger charge is -2.35. The van der Waals surface area contributed by atoms with Gasteiger partial charge in [0.05, 0.1) is 10.9 Å². The number of hydrogen-bond acceptors (Lipinski definition) is 2. The van der Waals surface area contributed by atoms with E-state index in [9.17, 15) is 8.42 Å². The molecule has 1 aliphatic heterocycles. The van der Waals surface area contributed by atoms with Gasteiger partial charge < -0.3 is 0 Å². The molecule has 0 bridgehead atoms. The Morgan fingerprint density at radius 1 is 0.880 bits per heavy atom. The topological polar surface area (TPSA) is 37.4 Å². The summed E-state index contributed by atoms with van der Waals surface area (Å²) in [5, 5.41) is 0. The molecule has 0 N–H and O–H groups in total.